The molecule has 1 saturated heterocycles. The van der Waals surface area contributed by atoms with Gasteiger partial charge in [0, 0.05) is 24.9 Å². The molecule has 1 aromatic carbocycles. The zero-order valence-corrected chi connectivity index (χ0v) is 11.9. The smallest absolute Gasteiger partial charge is 0.225 e. The van der Waals surface area contributed by atoms with Crippen molar-refractivity contribution in [2.45, 2.75) is 44.9 Å². The van der Waals surface area contributed by atoms with Crippen LogP contribution in [0.25, 0.3) is 0 Å². The van der Waals surface area contributed by atoms with Gasteiger partial charge in [0.05, 0.1) is 0 Å². The van der Waals surface area contributed by atoms with Gasteiger partial charge in [-0.05, 0) is 36.3 Å². The quantitative estimate of drug-likeness (QED) is 0.811. The van der Waals surface area contributed by atoms with E-state index in [0.717, 1.165) is 32.4 Å². The average molecular weight is 257 g/mol. The number of amides is 1. The SMILES string of the molecule is CC(C)c1cccc(C2CCN(C(=O)C3CC3)C2)c1. The highest BCUT2D eigenvalue weighted by atomic mass is 16.2. The fraction of sp³-hybridized carbons (Fsp3) is 0.588. The summed E-state index contributed by atoms with van der Waals surface area (Å²) in [7, 11) is 0. The monoisotopic (exact) mass is 257 g/mol. The fourth-order valence-corrected chi connectivity index (χ4v) is 2.99. The molecule has 2 nitrogen and oxygen atoms in total. The standard InChI is InChI=1S/C17H23NO/c1-12(2)14-4-3-5-15(10-14)16-8-9-18(11-16)17(19)13-6-7-13/h3-5,10,12-13,16H,6-9,11H2,1-2H3. The molecular formula is C17H23NO. The molecule has 1 aliphatic carbocycles. The van der Waals surface area contributed by atoms with Crippen molar-refractivity contribution in [2.75, 3.05) is 13.1 Å². The Hall–Kier alpha value is -1.31. The van der Waals surface area contributed by atoms with Gasteiger partial charge in [-0.15, -0.1) is 0 Å². The number of rotatable bonds is 3. The molecule has 3 rings (SSSR count). The highest BCUT2D eigenvalue weighted by Gasteiger charge is 2.36. The molecule has 1 aliphatic heterocycles. The predicted molar refractivity (Wildman–Crippen MR) is 77.2 cm³/mol. The molecule has 102 valence electrons. The zero-order valence-electron chi connectivity index (χ0n) is 11.9. The minimum absolute atomic E-state index is 0.362. The van der Waals surface area contributed by atoms with Crippen LogP contribution in [0.1, 0.15) is 56.1 Å². The van der Waals surface area contributed by atoms with E-state index in [9.17, 15) is 4.79 Å². The number of hydrogen-bond acceptors (Lipinski definition) is 1. The third kappa shape index (κ3) is 2.68. The first-order valence-corrected chi connectivity index (χ1v) is 7.54. The zero-order chi connectivity index (χ0) is 13.4. The topological polar surface area (TPSA) is 20.3 Å². The van der Waals surface area contributed by atoms with Crippen molar-refractivity contribution >= 4 is 5.91 Å². The lowest BCUT2D eigenvalue weighted by molar-refractivity contribution is -0.131. The van der Waals surface area contributed by atoms with Crippen LogP contribution in [-0.2, 0) is 4.79 Å². The maximum atomic E-state index is 12.1. The van der Waals surface area contributed by atoms with Crippen LogP contribution in [0.2, 0.25) is 0 Å². The third-order valence-corrected chi connectivity index (χ3v) is 4.48. The summed E-state index contributed by atoms with van der Waals surface area (Å²) < 4.78 is 0. The predicted octanol–water partition coefficient (Wildman–Crippen LogP) is 3.54. The van der Waals surface area contributed by atoms with Gasteiger partial charge in [0.15, 0.2) is 0 Å². The van der Waals surface area contributed by atoms with Crippen LogP contribution in [0, 0.1) is 5.92 Å². The van der Waals surface area contributed by atoms with E-state index in [1.54, 1.807) is 0 Å². The summed E-state index contributed by atoms with van der Waals surface area (Å²) in [6.07, 6.45) is 3.35. The molecule has 2 heteroatoms. The highest BCUT2D eigenvalue weighted by molar-refractivity contribution is 5.81. The van der Waals surface area contributed by atoms with Crippen molar-refractivity contribution in [1.29, 1.82) is 0 Å². The largest absolute Gasteiger partial charge is 0.342 e. The van der Waals surface area contributed by atoms with Crippen LogP contribution in [-0.4, -0.2) is 23.9 Å². The lowest BCUT2D eigenvalue weighted by atomic mass is 9.93. The Morgan fingerprint density at radius 1 is 1.26 bits per heavy atom. The van der Waals surface area contributed by atoms with Crippen LogP contribution in [0.4, 0.5) is 0 Å². The highest BCUT2D eigenvalue weighted by Crippen LogP contribution is 2.35. The lowest BCUT2D eigenvalue weighted by Crippen LogP contribution is -2.29. The molecule has 2 aliphatic rings. The van der Waals surface area contributed by atoms with Gasteiger partial charge in [-0.3, -0.25) is 4.79 Å². The summed E-state index contributed by atoms with van der Waals surface area (Å²) in [5, 5.41) is 0. The van der Waals surface area contributed by atoms with Crippen molar-refractivity contribution in [3.63, 3.8) is 0 Å². The van der Waals surface area contributed by atoms with E-state index in [1.807, 2.05) is 0 Å². The molecule has 1 unspecified atom stereocenters. The van der Waals surface area contributed by atoms with Crippen LogP contribution < -0.4 is 0 Å². The van der Waals surface area contributed by atoms with E-state index in [-0.39, 0.29) is 0 Å². The summed E-state index contributed by atoms with van der Waals surface area (Å²) >= 11 is 0. The molecule has 19 heavy (non-hydrogen) atoms. The molecule has 1 heterocycles. The van der Waals surface area contributed by atoms with Gasteiger partial charge in [-0.1, -0.05) is 38.1 Å². The van der Waals surface area contributed by atoms with Gasteiger partial charge in [0.1, 0.15) is 0 Å². The fourth-order valence-electron chi connectivity index (χ4n) is 2.99. The second kappa shape index (κ2) is 4.99. The Labute approximate surface area is 115 Å². The van der Waals surface area contributed by atoms with Gasteiger partial charge in [-0.2, -0.15) is 0 Å². The van der Waals surface area contributed by atoms with Gasteiger partial charge in [-0.25, -0.2) is 0 Å². The summed E-state index contributed by atoms with van der Waals surface area (Å²) in [6.45, 7) is 6.34. The molecule has 1 amide bonds. The molecule has 0 radical (unpaired) electrons. The first-order valence-electron chi connectivity index (χ1n) is 7.54. The number of likely N-dealkylation sites (tertiary alicyclic amines) is 1. The minimum Gasteiger partial charge on any atom is -0.342 e. The van der Waals surface area contributed by atoms with Crippen LogP contribution in [0.5, 0.6) is 0 Å². The molecule has 0 N–H and O–H groups in total. The molecule has 0 aromatic heterocycles. The molecule has 0 bridgehead atoms. The van der Waals surface area contributed by atoms with Crippen molar-refractivity contribution in [3.8, 4) is 0 Å². The van der Waals surface area contributed by atoms with Gasteiger partial charge >= 0.3 is 0 Å². The second-order valence-corrected chi connectivity index (χ2v) is 6.37. The van der Waals surface area contributed by atoms with Gasteiger partial charge in [0.2, 0.25) is 5.91 Å². The molecule has 0 spiro atoms. The normalized spacial score (nSPS) is 23.1. The lowest BCUT2D eigenvalue weighted by Gasteiger charge is -2.17. The van der Waals surface area contributed by atoms with E-state index >= 15 is 0 Å². The van der Waals surface area contributed by atoms with E-state index in [0.29, 0.717) is 23.7 Å². The van der Waals surface area contributed by atoms with Crippen LogP contribution in [0.3, 0.4) is 0 Å². The Kier molecular flexibility index (Phi) is 3.34. The first kappa shape index (κ1) is 12.7. The van der Waals surface area contributed by atoms with Crippen LogP contribution >= 0.6 is 0 Å². The van der Waals surface area contributed by atoms with Crippen molar-refractivity contribution in [3.05, 3.63) is 35.4 Å². The maximum Gasteiger partial charge on any atom is 0.225 e. The van der Waals surface area contributed by atoms with E-state index in [2.05, 4.69) is 43.0 Å². The summed E-state index contributed by atoms with van der Waals surface area (Å²) in [5.41, 5.74) is 2.82. The average Bonchev–Trinajstić information content (AvgIpc) is 3.15. The van der Waals surface area contributed by atoms with E-state index < -0.39 is 0 Å². The Bertz CT molecular complexity index is 476. The molecule has 1 saturated carbocycles. The number of benzene rings is 1. The van der Waals surface area contributed by atoms with Crippen molar-refractivity contribution < 1.29 is 4.79 Å². The number of carbonyl (C=O) groups excluding carboxylic acids is 1. The van der Waals surface area contributed by atoms with Crippen molar-refractivity contribution in [1.82, 2.24) is 4.90 Å². The van der Waals surface area contributed by atoms with Gasteiger partial charge in [0.25, 0.3) is 0 Å². The molecular weight excluding hydrogens is 234 g/mol. The Morgan fingerprint density at radius 3 is 2.74 bits per heavy atom. The van der Waals surface area contributed by atoms with Crippen LogP contribution in [0.15, 0.2) is 24.3 Å². The second-order valence-electron chi connectivity index (χ2n) is 6.37. The third-order valence-electron chi connectivity index (χ3n) is 4.48. The molecule has 1 aromatic rings. The summed E-state index contributed by atoms with van der Waals surface area (Å²) in [5.74, 6) is 1.88. The Morgan fingerprint density at radius 2 is 2.05 bits per heavy atom. The Balaban J connectivity index is 1.70. The summed E-state index contributed by atoms with van der Waals surface area (Å²) in [6, 6.07) is 8.92. The number of hydrogen-bond donors (Lipinski definition) is 0. The number of nitrogens with zero attached hydrogens (tertiary/aromatic N) is 1. The maximum absolute atomic E-state index is 12.1. The number of carbonyl (C=O) groups is 1. The summed E-state index contributed by atoms with van der Waals surface area (Å²) in [4.78, 5) is 14.2. The molecule has 1 atom stereocenters. The van der Waals surface area contributed by atoms with Gasteiger partial charge < -0.3 is 4.90 Å². The van der Waals surface area contributed by atoms with Crippen molar-refractivity contribution in [2.24, 2.45) is 5.92 Å². The first-order chi connectivity index (χ1) is 9.15. The van der Waals surface area contributed by atoms with E-state index in [4.69, 9.17) is 0 Å². The minimum atomic E-state index is 0.362. The molecule has 2 fully saturated rings. The van der Waals surface area contributed by atoms with E-state index in [1.165, 1.54) is 11.1 Å².